The first-order valence-electron chi connectivity index (χ1n) is 11.5. The smallest absolute Gasteiger partial charge is 0.410 e. The monoisotopic (exact) mass is 552 g/mol. The van der Waals surface area contributed by atoms with E-state index in [1.54, 1.807) is 0 Å². The number of hydrogen-bond donors (Lipinski definition) is 0. The summed E-state index contributed by atoms with van der Waals surface area (Å²) in [7, 11) is 0. The van der Waals surface area contributed by atoms with E-state index >= 15 is 0 Å². The summed E-state index contributed by atoms with van der Waals surface area (Å²) in [6.07, 6.45) is 8.05. The fraction of sp³-hybridized carbons (Fsp3) is 0.652. The predicted octanol–water partition coefficient (Wildman–Crippen LogP) is 4.50. The standard InChI is InChI=1S/C23H33IN6O2/c1-16(29-14-20(24)25-15-29)19-9-10-21(27-26-19)28-11-5-6-18(13-28)30(12-17-7-8-17)22(31)32-23(2,3)4/h9-10,14-18H,5-8,11-13H2,1-4H3/t16?,18-/m1/s1. The summed E-state index contributed by atoms with van der Waals surface area (Å²) in [5.41, 5.74) is 0.415. The molecule has 1 saturated carbocycles. The van der Waals surface area contributed by atoms with Gasteiger partial charge in [0.05, 0.1) is 24.1 Å². The summed E-state index contributed by atoms with van der Waals surface area (Å²) in [5.74, 6) is 1.48. The predicted molar refractivity (Wildman–Crippen MR) is 132 cm³/mol. The van der Waals surface area contributed by atoms with Gasteiger partial charge in [0.25, 0.3) is 0 Å². The van der Waals surface area contributed by atoms with Crippen molar-refractivity contribution in [2.45, 2.75) is 71.1 Å². The van der Waals surface area contributed by atoms with Gasteiger partial charge in [-0.2, -0.15) is 5.10 Å². The average molecular weight is 552 g/mol. The topological polar surface area (TPSA) is 76.4 Å². The maximum Gasteiger partial charge on any atom is 0.410 e. The SMILES string of the molecule is CC(c1ccc(N2CCC[C@@H](N(CC3CC3)C(=O)OC(C)(C)C)C2)nn1)n1cnc(I)c1. The summed E-state index contributed by atoms with van der Waals surface area (Å²) in [6.45, 7) is 10.3. The molecule has 9 heteroatoms. The van der Waals surface area contributed by atoms with Gasteiger partial charge in [0.2, 0.25) is 0 Å². The van der Waals surface area contributed by atoms with Crippen LogP contribution in [0.4, 0.5) is 10.6 Å². The molecule has 0 spiro atoms. The number of piperidine rings is 1. The van der Waals surface area contributed by atoms with Crippen molar-refractivity contribution in [1.82, 2.24) is 24.6 Å². The van der Waals surface area contributed by atoms with Crippen LogP contribution in [0.1, 0.15) is 65.1 Å². The third kappa shape index (κ3) is 5.90. The molecule has 4 rings (SSSR count). The van der Waals surface area contributed by atoms with Crippen molar-refractivity contribution in [1.29, 1.82) is 0 Å². The Morgan fingerprint density at radius 2 is 2.06 bits per heavy atom. The molecule has 174 valence electrons. The maximum absolute atomic E-state index is 13.0. The molecule has 1 aliphatic carbocycles. The molecule has 2 fully saturated rings. The fourth-order valence-electron chi connectivity index (χ4n) is 4.09. The number of hydrogen-bond acceptors (Lipinski definition) is 6. The van der Waals surface area contributed by atoms with Crippen LogP contribution in [0, 0.1) is 9.62 Å². The third-order valence-corrected chi connectivity index (χ3v) is 6.61. The van der Waals surface area contributed by atoms with Crippen LogP contribution in [0.5, 0.6) is 0 Å². The van der Waals surface area contributed by atoms with Gasteiger partial charge >= 0.3 is 6.09 Å². The second kappa shape index (κ2) is 9.52. The van der Waals surface area contributed by atoms with Crippen LogP contribution in [0.3, 0.4) is 0 Å². The highest BCUT2D eigenvalue weighted by Gasteiger charge is 2.36. The fourth-order valence-corrected chi connectivity index (χ4v) is 4.54. The Kier molecular flexibility index (Phi) is 6.92. The van der Waals surface area contributed by atoms with E-state index in [0.29, 0.717) is 5.92 Å². The van der Waals surface area contributed by atoms with Gasteiger partial charge in [0.15, 0.2) is 5.82 Å². The first-order chi connectivity index (χ1) is 15.2. The van der Waals surface area contributed by atoms with E-state index in [1.807, 2.05) is 54.9 Å². The van der Waals surface area contributed by atoms with Gasteiger partial charge < -0.3 is 19.1 Å². The number of rotatable bonds is 6. The molecule has 2 atom stereocenters. The molecule has 1 saturated heterocycles. The Labute approximate surface area is 203 Å². The third-order valence-electron chi connectivity index (χ3n) is 6.06. The highest BCUT2D eigenvalue weighted by Crippen LogP contribution is 2.32. The molecule has 1 aliphatic heterocycles. The minimum atomic E-state index is -0.488. The quantitative estimate of drug-likeness (QED) is 0.492. The van der Waals surface area contributed by atoms with E-state index in [-0.39, 0.29) is 18.2 Å². The van der Waals surface area contributed by atoms with Crippen molar-refractivity contribution in [3.05, 3.63) is 34.1 Å². The second-order valence-corrected chi connectivity index (χ2v) is 11.1. The van der Waals surface area contributed by atoms with Gasteiger partial charge in [-0.15, -0.1) is 5.10 Å². The van der Waals surface area contributed by atoms with Gasteiger partial charge in [-0.3, -0.25) is 0 Å². The number of halogens is 1. The molecule has 0 radical (unpaired) electrons. The van der Waals surface area contributed by atoms with E-state index in [2.05, 4.69) is 49.6 Å². The van der Waals surface area contributed by atoms with Crippen molar-refractivity contribution in [3.63, 3.8) is 0 Å². The molecule has 2 aliphatic rings. The number of amides is 1. The Morgan fingerprint density at radius 3 is 2.66 bits per heavy atom. The number of anilines is 1. The van der Waals surface area contributed by atoms with Gasteiger partial charge in [0.1, 0.15) is 9.30 Å². The molecule has 1 amide bonds. The Bertz CT molecular complexity index is 921. The van der Waals surface area contributed by atoms with Gasteiger partial charge in [-0.05, 0) is 94.0 Å². The van der Waals surface area contributed by atoms with E-state index in [1.165, 1.54) is 12.8 Å². The zero-order valence-corrected chi connectivity index (χ0v) is 21.5. The Hall–Kier alpha value is -1.91. The van der Waals surface area contributed by atoms with E-state index < -0.39 is 5.60 Å². The molecule has 2 aromatic rings. The normalized spacial score (nSPS) is 20.2. The molecule has 0 N–H and O–H groups in total. The lowest BCUT2D eigenvalue weighted by Gasteiger charge is -2.40. The van der Waals surface area contributed by atoms with Gasteiger partial charge in [-0.25, -0.2) is 9.78 Å². The minimum absolute atomic E-state index is 0.0721. The summed E-state index contributed by atoms with van der Waals surface area (Å²) in [6, 6.07) is 4.29. The van der Waals surface area contributed by atoms with E-state index in [0.717, 1.165) is 47.7 Å². The number of nitrogens with zero attached hydrogens (tertiary/aromatic N) is 6. The summed E-state index contributed by atoms with van der Waals surface area (Å²) < 4.78 is 8.74. The molecular formula is C23H33IN6O2. The summed E-state index contributed by atoms with van der Waals surface area (Å²) in [4.78, 5) is 21.5. The molecular weight excluding hydrogens is 519 g/mol. The van der Waals surface area contributed by atoms with Crippen molar-refractivity contribution < 1.29 is 9.53 Å². The molecule has 8 nitrogen and oxygen atoms in total. The van der Waals surface area contributed by atoms with Gasteiger partial charge in [-0.1, -0.05) is 0 Å². The molecule has 0 aromatic carbocycles. The first kappa shape index (κ1) is 23.3. The minimum Gasteiger partial charge on any atom is -0.444 e. The molecule has 3 heterocycles. The van der Waals surface area contributed by atoms with Crippen molar-refractivity contribution >= 4 is 34.5 Å². The summed E-state index contributed by atoms with van der Waals surface area (Å²) in [5, 5.41) is 9.04. The van der Waals surface area contributed by atoms with Gasteiger partial charge in [0, 0.05) is 25.8 Å². The van der Waals surface area contributed by atoms with Crippen LogP contribution in [0.25, 0.3) is 0 Å². The van der Waals surface area contributed by atoms with Crippen LogP contribution in [-0.2, 0) is 4.74 Å². The number of aromatic nitrogens is 4. The lowest BCUT2D eigenvalue weighted by atomic mass is 10.0. The number of carbonyl (C=O) groups is 1. The molecule has 2 aromatic heterocycles. The number of carbonyl (C=O) groups excluding carboxylic acids is 1. The Balaban J connectivity index is 1.44. The molecule has 32 heavy (non-hydrogen) atoms. The lowest BCUT2D eigenvalue weighted by molar-refractivity contribution is 0.0134. The van der Waals surface area contributed by atoms with Crippen molar-refractivity contribution in [2.24, 2.45) is 5.92 Å². The Morgan fingerprint density at radius 1 is 1.28 bits per heavy atom. The van der Waals surface area contributed by atoms with Crippen LogP contribution >= 0.6 is 22.6 Å². The zero-order chi connectivity index (χ0) is 22.9. The van der Waals surface area contributed by atoms with Crippen LogP contribution in [0.15, 0.2) is 24.7 Å². The van der Waals surface area contributed by atoms with Crippen molar-refractivity contribution in [2.75, 3.05) is 24.5 Å². The van der Waals surface area contributed by atoms with E-state index in [4.69, 9.17) is 4.74 Å². The lowest BCUT2D eigenvalue weighted by Crippen LogP contribution is -2.52. The molecule has 0 bridgehead atoms. The highest BCUT2D eigenvalue weighted by molar-refractivity contribution is 14.1. The zero-order valence-electron chi connectivity index (χ0n) is 19.4. The largest absolute Gasteiger partial charge is 0.444 e. The molecule has 1 unspecified atom stereocenters. The van der Waals surface area contributed by atoms with Crippen molar-refractivity contribution in [3.8, 4) is 0 Å². The summed E-state index contributed by atoms with van der Waals surface area (Å²) >= 11 is 2.21. The van der Waals surface area contributed by atoms with E-state index in [9.17, 15) is 4.79 Å². The highest BCUT2D eigenvalue weighted by atomic mass is 127. The van der Waals surface area contributed by atoms with Crippen LogP contribution < -0.4 is 4.90 Å². The van der Waals surface area contributed by atoms with Crippen LogP contribution in [-0.4, -0.2) is 62.0 Å². The maximum atomic E-state index is 13.0. The second-order valence-electron chi connectivity index (χ2n) is 9.95. The number of ether oxygens (including phenoxy) is 1. The average Bonchev–Trinajstić information content (AvgIpc) is 3.48. The number of imidazole rings is 1. The first-order valence-corrected chi connectivity index (χ1v) is 12.5. The van der Waals surface area contributed by atoms with Crippen LogP contribution in [0.2, 0.25) is 0 Å².